The van der Waals surface area contributed by atoms with Gasteiger partial charge in [0.25, 0.3) is 0 Å². The summed E-state index contributed by atoms with van der Waals surface area (Å²) in [6.07, 6.45) is -5.76. The Balaban J connectivity index is 0.995. The van der Waals surface area contributed by atoms with Crippen LogP contribution in [-0.4, -0.2) is 140 Å². The third-order valence-electron chi connectivity index (χ3n) is 14.2. The van der Waals surface area contributed by atoms with Crippen molar-refractivity contribution >= 4 is 5.97 Å². The van der Waals surface area contributed by atoms with Gasteiger partial charge in [0.05, 0.1) is 24.4 Å². The molecule has 14 nitrogen and oxygen atoms in total. The van der Waals surface area contributed by atoms with Crippen molar-refractivity contribution in [2.75, 3.05) is 19.8 Å². The first-order chi connectivity index (χ1) is 23.3. The van der Waals surface area contributed by atoms with Crippen molar-refractivity contribution in [1.82, 2.24) is 0 Å². The van der Waals surface area contributed by atoms with Crippen molar-refractivity contribution in [2.24, 2.45) is 34.5 Å². The monoisotopic (exact) mass is 698 g/mol. The molecule has 0 aromatic heterocycles. The molecule has 3 aliphatic heterocycles. The summed E-state index contributed by atoms with van der Waals surface area (Å²) in [4.78, 5) is 11.9. The fourth-order valence-corrected chi connectivity index (χ4v) is 11.4. The highest BCUT2D eigenvalue weighted by Gasteiger charge is 2.68. The summed E-state index contributed by atoms with van der Waals surface area (Å²) in [5.74, 6) is 0.104. The summed E-state index contributed by atoms with van der Waals surface area (Å²) < 4.78 is 28.7. The van der Waals surface area contributed by atoms with Gasteiger partial charge in [-0.2, -0.15) is 0 Å². The van der Waals surface area contributed by atoms with Crippen LogP contribution in [0.5, 0.6) is 0 Å². The molecule has 0 aromatic carbocycles. The smallest absolute Gasteiger partial charge is 0.331 e. The number of hydrogen-bond donors (Lipinski definition) is 8. The molecule has 0 bridgehead atoms. The molecule has 18 atom stereocenters. The Bertz CT molecular complexity index is 1260. The van der Waals surface area contributed by atoms with Crippen LogP contribution in [0, 0.1) is 34.5 Å². The molecule has 0 amide bonds. The molecular weight excluding hydrogens is 644 g/mol. The molecule has 0 aromatic rings. The number of carbonyl (C=O) groups excluding carboxylic acids is 1. The maximum absolute atomic E-state index is 12.5. The van der Waals surface area contributed by atoms with E-state index < -0.39 is 73.6 Å². The number of hydrogen-bond acceptors (Lipinski definition) is 14. The Morgan fingerprint density at radius 1 is 0.837 bits per heavy atom. The summed E-state index contributed by atoms with van der Waals surface area (Å²) in [6.45, 7) is 3.47. The lowest BCUT2D eigenvalue weighted by molar-refractivity contribution is -0.360. The average molecular weight is 699 g/mol. The quantitative estimate of drug-likeness (QED) is 0.121. The Labute approximate surface area is 285 Å². The standard InChI is InChI=1S/C35H54O14/c1-16-30(49-32-28(42)26(40)25(39)23(13-36)48-32)27(41)29(43)31(46-16)47-19-5-9-34(15-37)18(12-19)3-4-22-21(34)6-8-33(2)20(7-10-35(22,33)44)17-11-24(38)45-14-17/h11,16,18-23,25-32,36-37,39-44H,3-10,12-15H2,1-2H3. The van der Waals surface area contributed by atoms with Crippen LogP contribution in [0.4, 0.5) is 0 Å². The highest BCUT2D eigenvalue weighted by atomic mass is 16.7. The number of aliphatic hydroxyl groups is 8. The number of ether oxygens (including phenoxy) is 5. The minimum Gasteiger partial charge on any atom is -0.458 e. The van der Waals surface area contributed by atoms with E-state index in [1.807, 2.05) is 0 Å². The van der Waals surface area contributed by atoms with Crippen LogP contribution < -0.4 is 0 Å². The van der Waals surface area contributed by atoms with Gasteiger partial charge in [0, 0.05) is 18.1 Å². The van der Waals surface area contributed by atoms with Crippen molar-refractivity contribution in [1.29, 1.82) is 0 Å². The number of esters is 1. The van der Waals surface area contributed by atoms with E-state index >= 15 is 0 Å². The first kappa shape index (κ1) is 36.1. The van der Waals surface area contributed by atoms with Gasteiger partial charge in [0.2, 0.25) is 0 Å². The molecule has 3 heterocycles. The van der Waals surface area contributed by atoms with E-state index in [1.54, 1.807) is 13.0 Å². The predicted molar refractivity (Wildman–Crippen MR) is 167 cm³/mol. The molecule has 4 saturated carbocycles. The minimum absolute atomic E-state index is 0.0184. The number of carbonyl (C=O) groups is 1. The largest absolute Gasteiger partial charge is 0.458 e. The minimum atomic E-state index is -1.67. The second-order valence-corrected chi connectivity index (χ2v) is 16.2. The summed E-state index contributed by atoms with van der Waals surface area (Å²) >= 11 is 0. The molecule has 49 heavy (non-hydrogen) atoms. The van der Waals surface area contributed by atoms with Crippen LogP contribution in [-0.2, 0) is 28.5 Å². The lowest BCUT2D eigenvalue weighted by Crippen LogP contribution is -2.64. The molecule has 2 saturated heterocycles. The third-order valence-corrected chi connectivity index (χ3v) is 14.2. The van der Waals surface area contributed by atoms with Gasteiger partial charge in [-0.25, -0.2) is 4.79 Å². The molecule has 14 heteroatoms. The molecule has 7 rings (SSSR count). The van der Waals surface area contributed by atoms with E-state index in [0.29, 0.717) is 32.3 Å². The Morgan fingerprint density at radius 2 is 1.57 bits per heavy atom. The maximum atomic E-state index is 12.5. The van der Waals surface area contributed by atoms with E-state index in [-0.39, 0.29) is 53.2 Å². The van der Waals surface area contributed by atoms with Gasteiger partial charge in [0.15, 0.2) is 12.6 Å². The van der Waals surface area contributed by atoms with Crippen LogP contribution in [0.3, 0.4) is 0 Å². The van der Waals surface area contributed by atoms with Gasteiger partial charge < -0.3 is 64.5 Å². The van der Waals surface area contributed by atoms with Crippen molar-refractivity contribution in [3.05, 3.63) is 11.6 Å². The number of aliphatic hydroxyl groups excluding tert-OH is 7. The number of rotatable bonds is 7. The van der Waals surface area contributed by atoms with Crippen molar-refractivity contribution in [3.63, 3.8) is 0 Å². The maximum Gasteiger partial charge on any atom is 0.331 e. The number of cyclic esters (lactones) is 1. The zero-order valence-corrected chi connectivity index (χ0v) is 28.3. The zero-order valence-electron chi connectivity index (χ0n) is 28.3. The molecule has 278 valence electrons. The van der Waals surface area contributed by atoms with Gasteiger partial charge in [-0.05, 0) is 99.4 Å². The van der Waals surface area contributed by atoms with Crippen molar-refractivity contribution in [2.45, 2.75) is 145 Å². The van der Waals surface area contributed by atoms with Gasteiger partial charge in [-0.15, -0.1) is 0 Å². The molecule has 18 unspecified atom stereocenters. The molecule has 6 fully saturated rings. The first-order valence-electron chi connectivity index (χ1n) is 18.1. The highest BCUT2D eigenvalue weighted by Crippen LogP contribution is 2.70. The molecule has 8 N–H and O–H groups in total. The summed E-state index contributed by atoms with van der Waals surface area (Å²) in [7, 11) is 0. The highest BCUT2D eigenvalue weighted by molar-refractivity contribution is 5.85. The summed E-state index contributed by atoms with van der Waals surface area (Å²) in [6, 6.07) is 0. The molecule has 7 aliphatic rings. The fourth-order valence-electron chi connectivity index (χ4n) is 11.4. The van der Waals surface area contributed by atoms with Crippen molar-refractivity contribution in [3.8, 4) is 0 Å². The number of fused-ring (bicyclic) bond motifs is 5. The SMILES string of the molecule is CC1OC(OC2CCC3(CO)C(CCC4C3CCC3(C)C(C5=CC(=O)OC5)CCC43O)C2)C(O)C(O)C1OC1OC(CO)C(O)C(O)C1O. The Kier molecular flexibility index (Phi) is 9.80. The van der Waals surface area contributed by atoms with Crippen LogP contribution in [0.15, 0.2) is 11.6 Å². The molecule has 4 aliphatic carbocycles. The van der Waals surface area contributed by atoms with E-state index in [2.05, 4.69) is 6.92 Å². The summed E-state index contributed by atoms with van der Waals surface area (Å²) in [5.41, 5.74) is -0.641. The van der Waals surface area contributed by atoms with Gasteiger partial charge in [0.1, 0.15) is 49.3 Å². The second kappa shape index (κ2) is 13.3. The third kappa shape index (κ3) is 5.64. The van der Waals surface area contributed by atoms with E-state index in [0.717, 1.165) is 37.7 Å². The van der Waals surface area contributed by atoms with E-state index in [9.17, 15) is 45.6 Å². The van der Waals surface area contributed by atoms with E-state index in [1.165, 1.54) is 0 Å². The van der Waals surface area contributed by atoms with Crippen LogP contribution in [0.1, 0.15) is 71.6 Å². The van der Waals surface area contributed by atoms with Crippen LogP contribution >= 0.6 is 0 Å². The Morgan fingerprint density at radius 3 is 2.27 bits per heavy atom. The van der Waals surface area contributed by atoms with Gasteiger partial charge >= 0.3 is 5.97 Å². The van der Waals surface area contributed by atoms with Gasteiger partial charge in [-0.1, -0.05) is 6.92 Å². The van der Waals surface area contributed by atoms with Crippen LogP contribution in [0.25, 0.3) is 0 Å². The average Bonchev–Trinajstić information content (AvgIpc) is 3.64. The molecule has 0 radical (unpaired) electrons. The molecular formula is C35H54O14. The van der Waals surface area contributed by atoms with Crippen molar-refractivity contribution < 1.29 is 69.3 Å². The predicted octanol–water partition coefficient (Wildman–Crippen LogP) is -0.747. The second-order valence-electron chi connectivity index (χ2n) is 16.2. The topological polar surface area (TPSA) is 225 Å². The Hall–Kier alpha value is -1.27. The zero-order chi connectivity index (χ0) is 35.0. The normalized spacial score (nSPS) is 54.4. The van der Waals surface area contributed by atoms with Gasteiger partial charge in [-0.3, -0.25) is 0 Å². The summed E-state index contributed by atoms with van der Waals surface area (Å²) in [5, 5.41) is 85.8. The van der Waals surface area contributed by atoms with E-state index in [4.69, 9.17) is 23.7 Å². The van der Waals surface area contributed by atoms with Crippen LogP contribution in [0.2, 0.25) is 0 Å². The molecule has 0 spiro atoms. The lowest BCUT2D eigenvalue weighted by atomic mass is 9.43. The first-order valence-corrected chi connectivity index (χ1v) is 18.1. The lowest BCUT2D eigenvalue weighted by Gasteiger charge is -2.64. The fraction of sp³-hybridized carbons (Fsp3) is 0.914.